The van der Waals surface area contributed by atoms with Crippen LogP contribution in [0.3, 0.4) is 0 Å². The number of hydrogen-bond acceptors (Lipinski definition) is 1. The van der Waals surface area contributed by atoms with Crippen molar-refractivity contribution in [2.24, 2.45) is 0 Å². The van der Waals surface area contributed by atoms with Crippen LogP contribution in [0.25, 0.3) is 0 Å². The van der Waals surface area contributed by atoms with Gasteiger partial charge in [-0.3, -0.25) is 0 Å². The van der Waals surface area contributed by atoms with Gasteiger partial charge in [-0.25, -0.2) is 0 Å². The van der Waals surface area contributed by atoms with Crippen LogP contribution in [0.4, 0.5) is 0 Å². The highest BCUT2D eigenvalue weighted by molar-refractivity contribution is 4.81. The molecular weight excluding hydrogens is 196 g/mol. The van der Waals surface area contributed by atoms with Crippen LogP contribution in [0.15, 0.2) is 12.2 Å². The van der Waals surface area contributed by atoms with Gasteiger partial charge in [-0.2, -0.15) is 0 Å². The van der Waals surface area contributed by atoms with Crippen LogP contribution < -0.4 is 0 Å². The number of hydrogen-bond donors (Lipinski definition) is 1. The Morgan fingerprint density at radius 3 is 1.75 bits per heavy atom. The first-order valence-electron chi connectivity index (χ1n) is 7.17. The van der Waals surface area contributed by atoms with E-state index < -0.39 is 0 Å². The summed E-state index contributed by atoms with van der Waals surface area (Å²) in [5.41, 5.74) is 0. The summed E-state index contributed by atoms with van der Waals surface area (Å²) in [5.74, 6) is 0. The molecule has 0 fully saturated rings. The molecule has 0 aromatic heterocycles. The summed E-state index contributed by atoms with van der Waals surface area (Å²) in [7, 11) is 0. The van der Waals surface area contributed by atoms with E-state index >= 15 is 0 Å². The first kappa shape index (κ1) is 15.7. The van der Waals surface area contributed by atoms with Gasteiger partial charge in [0.1, 0.15) is 0 Å². The smallest absolute Gasteiger partial charge is 0.0431 e. The molecule has 0 saturated heterocycles. The van der Waals surface area contributed by atoms with Crippen LogP contribution in [0.2, 0.25) is 0 Å². The van der Waals surface area contributed by atoms with Crippen molar-refractivity contribution >= 4 is 0 Å². The average molecular weight is 226 g/mol. The first-order valence-corrected chi connectivity index (χ1v) is 7.17. The molecule has 0 radical (unpaired) electrons. The molecule has 0 aromatic rings. The molecule has 0 aromatic carbocycles. The summed E-state index contributed by atoms with van der Waals surface area (Å²) in [5, 5.41) is 8.62. The van der Waals surface area contributed by atoms with E-state index in [1.165, 1.54) is 64.2 Å². The fourth-order valence-electron chi connectivity index (χ4n) is 1.83. The van der Waals surface area contributed by atoms with Crippen LogP contribution in [0, 0.1) is 0 Å². The number of unbranched alkanes of at least 4 members (excludes halogenated alkanes) is 9. The summed E-state index contributed by atoms with van der Waals surface area (Å²) in [6.45, 7) is 2.61. The van der Waals surface area contributed by atoms with Crippen molar-refractivity contribution in [2.45, 2.75) is 77.6 Å². The summed E-state index contributed by atoms with van der Waals surface area (Å²) in [6.07, 6.45) is 18.8. The number of rotatable bonds is 12. The second kappa shape index (κ2) is 14.7. The molecule has 0 bridgehead atoms. The second-order valence-corrected chi connectivity index (χ2v) is 4.60. The molecule has 1 heteroatoms. The molecule has 0 aliphatic heterocycles. The lowest BCUT2D eigenvalue weighted by atomic mass is 10.1. The van der Waals surface area contributed by atoms with Crippen molar-refractivity contribution < 1.29 is 5.11 Å². The van der Waals surface area contributed by atoms with Gasteiger partial charge in [-0.15, -0.1) is 0 Å². The predicted octanol–water partition coefficient (Wildman–Crippen LogP) is 4.85. The SMILES string of the molecule is CCCCCC=CCCCCCCCCO. The van der Waals surface area contributed by atoms with Crippen LogP contribution in [-0.4, -0.2) is 11.7 Å². The maximum Gasteiger partial charge on any atom is 0.0431 e. The van der Waals surface area contributed by atoms with Crippen LogP contribution >= 0.6 is 0 Å². The van der Waals surface area contributed by atoms with Gasteiger partial charge in [0.15, 0.2) is 0 Å². The molecule has 0 heterocycles. The molecule has 0 aliphatic rings. The highest BCUT2D eigenvalue weighted by Gasteiger charge is 1.89. The molecule has 0 unspecified atom stereocenters. The van der Waals surface area contributed by atoms with Crippen LogP contribution in [0.5, 0.6) is 0 Å². The third-order valence-corrected chi connectivity index (χ3v) is 2.92. The minimum Gasteiger partial charge on any atom is -0.396 e. The molecular formula is C15H30O. The fraction of sp³-hybridized carbons (Fsp3) is 0.867. The third-order valence-electron chi connectivity index (χ3n) is 2.92. The Hall–Kier alpha value is -0.300. The zero-order valence-corrected chi connectivity index (χ0v) is 11.1. The van der Waals surface area contributed by atoms with Crippen molar-refractivity contribution in [3.05, 3.63) is 12.2 Å². The summed E-state index contributed by atoms with van der Waals surface area (Å²) >= 11 is 0. The van der Waals surface area contributed by atoms with E-state index in [4.69, 9.17) is 5.11 Å². The van der Waals surface area contributed by atoms with Gasteiger partial charge >= 0.3 is 0 Å². The minimum absolute atomic E-state index is 0.362. The van der Waals surface area contributed by atoms with E-state index in [0.29, 0.717) is 6.61 Å². The summed E-state index contributed by atoms with van der Waals surface area (Å²) < 4.78 is 0. The van der Waals surface area contributed by atoms with Crippen LogP contribution in [0.1, 0.15) is 77.6 Å². The quantitative estimate of drug-likeness (QED) is 0.373. The average Bonchev–Trinajstić information content (AvgIpc) is 2.31. The monoisotopic (exact) mass is 226 g/mol. The molecule has 0 saturated carbocycles. The summed E-state index contributed by atoms with van der Waals surface area (Å²) in [6, 6.07) is 0. The second-order valence-electron chi connectivity index (χ2n) is 4.60. The lowest BCUT2D eigenvalue weighted by Crippen LogP contribution is -1.83. The lowest BCUT2D eigenvalue weighted by molar-refractivity contribution is 0.282. The number of aliphatic hydroxyl groups is 1. The van der Waals surface area contributed by atoms with E-state index in [1.54, 1.807) is 0 Å². The van der Waals surface area contributed by atoms with E-state index in [1.807, 2.05) is 0 Å². The Bertz CT molecular complexity index is 140. The molecule has 0 amide bonds. The summed E-state index contributed by atoms with van der Waals surface area (Å²) in [4.78, 5) is 0. The molecule has 1 N–H and O–H groups in total. The Morgan fingerprint density at radius 1 is 0.688 bits per heavy atom. The molecule has 0 spiro atoms. The minimum atomic E-state index is 0.362. The van der Waals surface area contributed by atoms with Gasteiger partial charge in [0.05, 0.1) is 0 Å². The molecule has 0 aliphatic carbocycles. The molecule has 16 heavy (non-hydrogen) atoms. The van der Waals surface area contributed by atoms with Crippen molar-refractivity contribution in [1.29, 1.82) is 0 Å². The Morgan fingerprint density at radius 2 is 1.19 bits per heavy atom. The van der Waals surface area contributed by atoms with Crippen molar-refractivity contribution in [1.82, 2.24) is 0 Å². The van der Waals surface area contributed by atoms with E-state index in [-0.39, 0.29) is 0 Å². The van der Waals surface area contributed by atoms with Gasteiger partial charge in [-0.1, -0.05) is 57.6 Å². The molecule has 0 rings (SSSR count). The van der Waals surface area contributed by atoms with Gasteiger partial charge in [0, 0.05) is 6.61 Å². The third kappa shape index (κ3) is 13.7. The zero-order valence-electron chi connectivity index (χ0n) is 11.1. The van der Waals surface area contributed by atoms with Gasteiger partial charge in [0.25, 0.3) is 0 Å². The van der Waals surface area contributed by atoms with Gasteiger partial charge in [0.2, 0.25) is 0 Å². The lowest BCUT2D eigenvalue weighted by Gasteiger charge is -1.98. The largest absolute Gasteiger partial charge is 0.396 e. The highest BCUT2D eigenvalue weighted by Crippen LogP contribution is 2.08. The van der Waals surface area contributed by atoms with E-state index in [9.17, 15) is 0 Å². The molecule has 0 atom stereocenters. The van der Waals surface area contributed by atoms with Crippen molar-refractivity contribution in [2.75, 3.05) is 6.61 Å². The normalized spacial score (nSPS) is 11.4. The molecule has 1 nitrogen and oxygen atoms in total. The predicted molar refractivity (Wildman–Crippen MR) is 72.7 cm³/mol. The van der Waals surface area contributed by atoms with Crippen molar-refractivity contribution in [3.63, 3.8) is 0 Å². The Balaban J connectivity index is 2.97. The topological polar surface area (TPSA) is 20.2 Å². The molecule has 96 valence electrons. The Labute approximate surface area is 102 Å². The number of aliphatic hydroxyl groups excluding tert-OH is 1. The standard InChI is InChI=1S/C15H30O/c1-2-3-4-5-6-7-8-9-10-11-12-13-14-15-16/h6-7,16H,2-5,8-15H2,1H3. The maximum absolute atomic E-state index is 8.62. The maximum atomic E-state index is 8.62. The van der Waals surface area contributed by atoms with Gasteiger partial charge < -0.3 is 5.11 Å². The van der Waals surface area contributed by atoms with Crippen molar-refractivity contribution in [3.8, 4) is 0 Å². The fourth-order valence-corrected chi connectivity index (χ4v) is 1.83. The first-order chi connectivity index (χ1) is 7.91. The number of allylic oxidation sites excluding steroid dienone is 2. The zero-order chi connectivity index (χ0) is 11.9. The van der Waals surface area contributed by atoms with Crippen LogP contribution in [-0.2, 0) is 0 Å². The van der Waals surface area contributed by atoms with E-state index in [2.05, 4.69) is 19.1 Å². The van der Waals surface area contributed by atoms with E-state index in [0.717, 1.165) is 6.42 Å². The highest BCUT2D eigenvalue weighted by atomic mass is 16.2. The van der Waals surface area contributed by atoms with Gasteiger partial charge in [-0.05, 0) is 32.1 Å². The Kier molecular flexibility index (Phi) is 14.4.